The van der Waals surface area contributed by atoms with Crippen LogP contribution in [-0.4, -0.2) is 23.4 Å². The summed E-state index contributed by atoms with van der Waals surface area (Å²) in [5.74, 6) is 6.93. The van der Waals surface area contributed by atoms with Crippen molar-refractivity contribution in [3.63, 3.8) is 0 Å². The number of hydrazine groups is 1. The van der Waals surface area contributed by atoms with Crippen molar-refractivity contribution >= 4 is 0 Å². The molecule has 21 heavy (non-hydrogen) atoms. The molecule has 0 aliphatic rings. The van der Waals surface area contributed by atoms with Gasteiger partial charge in [-0.2, -0.15) is 0 Å². The van der Waals surface area contributed by atoms with Crippen LogP contribution < -0.4 is 20.7 Å². The van der Waals surface area contributed by atoms with E-state index >= 15 is 0 Å². The van der Waals surface area contributed by atoms with Crippen LogP contribution in [0.25, 0.3) is 0 Å². The molecule has 0 saturated heterocycles. The smallest absolute Gasteiger partial charge is 0.233 e. The molecule has 0 fully saturated rings. The van der Waals surface area contributed by atoms with E-state index in [1.807, 2.05) is 44.2 Å². The average Bonchev–Trinajstić information content (AvgIpc) is 2.48. The molecule has 0 radical (unpaired) electrons. The zero-order valence-corrected chi connectivity index (χ0v) is 12.4. The third-order valence-electron chi connectivity index (χ3n) is 2.90. The zero-order chi connectivity index (χ0) is 15.2. The molecule has 1 unspecified atom stereocenters. The van der Waals surface area contributed by atoms with Crippen LogP contribution in [0.5, 0.6) is 11.6 Å². The molecule has 6 heteroatoms. The van der Waals surface area contributed by atoms with Gasteiger partial charge in [0.25, 0.3) is 0 Å². The van der Waals surface area contributed by atoms with Crippen LogP contribution in [0.15, 0.2) is 36.4 Å². The minimum absolute atomic E-state index is 0.116. The maximum absolute atomic E-state index is 5.70. The van der Waals surface area contributed by atoms with Crippen LogP contribution in [-0.2, 0) is 0 Å². The maximum atomic E-state index is 5.70. The summed E-state index contributed by atoms with van der Waals surface area (Å²) in [5.41, 5.74) is 4.42. The molecule has 1 aromatic heterocycles. The van der Waals surface area contributed by atoms with Crippen molar-refractivity contribution in [1.82, 2.24) is 15.6 Å². The van der Waals surface area contributed by atoms with E-state index in [1.54, 1.807) is 13.2 Å². The van der Waals surface area contributed by atoms with Gasteiger partial charge in [-0.25, -0.2) is 5.43 Å². The largest absolute Gasteiger partial charge is 0.491 e. The third kappa shape index (κ3) is 3.90. The Labute approximate surface area is 124 Å². The topological polar surface area (TPSA) is 82.3 Å². The number of nitrogens with zero attached hydrogens (tertiary/aromatic N) is 2. The van der Waals surface area contributed by atoms with E-state index in [0.29, 0.717) is 11.6 Å². The van der Waals surface area contributed by atoms with Crippen molar-refractivity contribution in [3.05, 3.63) is 47.7 Å². The lowest BCUT2D eigenvalue weighted by atomic mass is 10.0. The fourth-order valence-corrected chi connectivity index (χ4v) is 1.99. The second-order valence-electron chi connectivity index (χ2n) is 4.84. The summed E-state index contributed by atoms with van der Waals surface area (Å²) >= 11 is 0. The Balaban J connectivity index is 2.27. The van der Waals surface area contributed by atoms with Gasteiger partial charge in [0.05, 0.1) is 24.9 Å². The molecular formula is C15H20N4O2. The maximum Gasteiger partial charge on any atom is 0.233 e. The van der Waals surface area contributed by atoms with Crippen LogP contribution in [0.1, 0.15) is 31.1 Å². The highest BCUT2D eigenvalue weighted by Gasteiger charge is 2.15. The first-order chi connectivity index (χ1) is 10.1. The molecule has 0 bridgehead atoms. The first kappa shape index (κ1) is 15.2. The highest BCUT2D eigenvalue weighted by Crippen LogP contribution is 2.24. The van der Waals surface area contributed by atoms with Crippen LogP contribution in [0.4, 0.5) is 0 Å². The number of aromatic nitrogens is 2. The molecule has 1 heterocycles. The number of rotatable bonds is 6. The number of hydrogen-bond donors (Lipinski definition) is 2. The Bertz CT molecular complexity index is 572. The summed E-state index contributed by atoms with van der Waals surface area (Å²) in [5, 5.41) is 8.09. The fraction of sp³-hybridized carbons (Fsp3) is 0.333. The monoisotopic (exact) mass is 288 g/mol. The number of hydrogen-bond acceptors (Lipinski definition) is 6. The van der Waals surface area contributed by atoms with Gasteiger partial charge in [0.1, 0.15) is 5.75 Å². The lowest BCUT2D eigenvalue weighted by molar-refractivity contribution is 0.242. The van der Waals surface area contributed by atoms with E-state index < -0.39 is 0 Å². The summed E-state index contributed by atoms with van der Waals surface area (Å²) in [6.45, 7) is 3.97. The number of ether oxygens (including phenoxy) is 2. The van der Waals surface area contributed by atoms with E-state index in [-0.39, 0.29) is 12.1 Å². The van der Waals surface area contributed by atoms with E-state index in [0.717, 1.165) is 11.3 Å². The van der Waals surface area contributed by atoms with Crippen molar-refractivity contribution in [2.75, 3.05) is 7.11 Å². The van der Waals surface area contributed by atoms with Crippen LogP contribution in [0, 0.1) is 0 Å². The number of benzene rings is 1. The second-order valence-corrected chi connectivity index (χ2v) is 4.84. The Morgan fingerprint density at radius 3 is 2.52 bits per heavy atom. The zero-order valence-electron chi connectivity index (χ0n) is 12.4. The van der Waals surface area contributed by atoms with Crippen LogP contribution >= 0.6 is 0 Å². The first-order valence-electron chi connectivity index (χ1n) is 6.74. The molecule has 112 valence electrons. The van der Waals surface area contributed by atoms with Gasteiger partial charge in [-0.3, -0.25) is 5.84 Å². The van der Waals surface area contributed by atoms with Gasteiger partial charge in [-0.15, -0.1) is 10.2 Å². The fourth-order valence-electron chi connectivity index (χ4n) is 1.99. The Hall–Kier alpha value is -2.18. The SMILES string of the molecule is COc1ccc(C(NN)c2cccc(OC(C)C)c2)nn1. The van der Waals surface area contributed by atoms with Gasteiger partial charge < -0.3 is 9.47 Å². The van der Waals surface area contributed by atoms with Gasteiger partial charge in [0.2, 0.25) is 5.88 Å². The summed E-state index contributed by atoms with van der Waals surface area (Å²) in [7, 11) is 1.55. The Morgan fingerprint density at radius 1 is 1.14 bits per heavy atom. The Morgan fingerprint density at radius 2 is 1.95 bits per heavy atom. The first-order valence-corrected chi connectivity index (χ1v) is 6.74. The number of methoxy groups -OCH3 is 1. The molecule has 2 aromatic rings. The van der Waals surface area contributed by atoms with E-state index in [2.05, 4.69) is 15.6 Å². The second kappa shape index (κ2) is 7.01. The molecule has 3 N–H and O–H groups in total. The minimum Gasteiger partial charge on any atom is -0.491 e. The molecular weight excluding hydrogens is 268 g/mol. The predicted molar refractivity (Wildman–Crippen MR) is 80.0 cm³/mol. The van der Waals surface area contributed by atoms with Crippen molar-refractivity contribution in [2.45, 2.75) is 26.0 Å². The summed E-state index contributed by atoms with van der Waals surface area (Å²) < 4.78 is 10.7. The third-order valence-corrected chi connectivity index (χ3v) is 2.90. The summed E-state index contributed by atoms with van der Waals surface area (Å²) in [6, 6.07) is 11.1. The highest BCUT2D eigenvalue weighted by molar-refractivity contribution is 5.34. The van der Waals surface area contributed by atoms with Gasteiger partial charge in [0.15, 0.2) is 0 Å². The molecule has 6 nitrogen and oxygen atoms in total. The van der Waals surface area contributed by atoms with Crippen molar-refractivity contribution in [1.29, 1.82) is 0 Å². The number of nitrogens with two attached hydrogens (primary N) is 1. The van der Waals surface area contributed by atoms with Crippen LogP contribution in [0.2, 0.25) is 0 Å². The highest BCUT2D eigenvalue weighted by atomic mass is 16.5. The standard InChI is InChI=1S/C15H20N4O2/c1-10(2)21-12-6-4-5-11(9-12)15(17-16)13-7-8-14(20-3)19-18-13/h4-10,15,17H,16H2,1-3H3. The predicted octanol–water partition coefficient (Wildman–Crippen LogP) is 1.83. The van der Waals surface area contributed by atoms with E-state index in [4.69, 9.17) is 15.3 Å². The molecule has 1 atom stereocenters. The molecule has 0 saturated carbocycles. The normalized spacial score (nSPS) is 12.2. The van der Waals surface area contributed by atoms with Gasteiger partial charge in [-0.05, 0) is 37.6 Å². The lowest BCUT2D eigenvalue weighted by Gasteiger charge is -2.17. The quantitative estimate of drug-likeness (QED) is 0.623. The van der Waals surface area contributed by atoms with Gasteiger partial charge >= 0.3 is 0 Å². The van der Waals surface area contributed by atoms with Gasteiger partial charge in [0, 0.05) is 6.07 Å². The van der Waals surface area contributed by atoms with Crippen molar-refractivity contribution in [2.24, 2.45) is 5.84 Å². The molecule has 0 aliphatic heterocycles. The van der Waals surface area contributed by atoms with E-state index in [9.17, 15) is 0 Å². The minimum atomic E-state index is -0.265. The summed E-state index contributed by atoms with van der Waals surface area (Å²) in [6.07, 6.45) is 0.116. The lowest BCUT2D eigenvalue weighted by Crippen LogP contribution is -2.29. The average molecular weight is 288 g/mol. The Kier molecular flexibility index (Phi) is 5.08. The molecule has 0 spiro atoms. The summed E-state index contributed by atoms with van der Waals surface area (Å²) in [4.78, 5) is 0. The van der Waals surface area contributed by atoms with E-state index in [1.165, 1.54) is 0 Å². The molecule has 0 amide bonds. The van der Waals surface area contributed by atoms with Crippen molar-refractivity contribution < 1.29 is 9.47 Å². The van der Waals surface area contributed by atoms with Crippen LogP contribution in [0.3, 0.4) is 0 Å². The molecule has 2 rings (SSSR count). The molecule has 0 aliphatic carbocycles. The van der Waals surface area contributed by atoms with Gasteiger partial charge in [-0.1, -0.05) is 12.1 Å². The van der Waals surface area contributed by atoms with Crippen molar-refractivity contribution in [3.8, 4) is 11.6 Å². The number of nitrogens with one attached hydrogen (secondary N) is 1. The molecule has 1 aromatic carbocycles.